The third kappa shape index (κ3) is 3.39. The van der Waals surface area contributed by atoms with E-state index in [0.717, 1.165) is 13.2 Å². The minimum absolute atomic E-state index is 0.133. The highest BCUT2D eigenvalue weighted by Gasteiger charge is 2.34. The summed E-state index contributed by atoms with van der Waals surface area (Å²) >= 11 is 5.42. The normalized spacial score (nSPS) is 11.2. The number of hydrogen-bond donors (Lipinski definition) is 1. The van der Waals surface area contributed by atoms with Crippen LogP contribution in [0.3, 0.4) is 0 Å². The van der Waals surface area contributed by atoms with Crippen LogP contribution in [0.2, 0.25) is 0 Å². The topological polar surface area (TPSA) is 68.7 Å². The van der Waals surface area contributed by atoms with Crippen molar-refractivity contribution in [2.24, 2.45) is 0 Å². The average Bonchev–Trinajstić information content (AvgIpc) is 2.29. The molecule has 0 amide bonds. The van der Waals surface area contributed by atoms with E-state index in [2.05, 4.69) is 14.5 Å². The first-order valence-corrected chi connectivity index (χ1v) is 4.95. The molecule has 0 aromatic carbocycles. The number of esters is 1. The molecule has 9 heteroatoms. The van der Waals surface area contributed by atoms with Gasteiger partial charge in [-0.2, -0.15) is 0 Å². The van der Waals surface area contributed by atoms with Gasteiger partial charge in [0.25, 0.3) is 5.88 Å². The summed E-state index contributed by atoms with van der Waals surface area (Å²) in [5.74, 6) is -3.34. The van der Waals surface area contributed by atoms with Crippen LogP contribution in [0.4, 0.5) is 13.2 Å². The van der Waals surface area contributed by atoms with Crippen LogP contribution in [0.5, 0.6) is 11.6 Å². The Morgan fingerprint density at radius 1 is 1.56 bits per heavy atom. The van der Waals surface area contributed by atoms with E-state index in [1.807, 2.05) is 0 Å². The first-order valence-electron chi connectivity index (χ1n) is 4.41. The molecule has 0 fully saturated rings. The van der Waals surface area contributed by atoms with Gasteiger partial charge in [-0.3, -0.25) is 0 Å². The van der Waals surface area contributed by atoms with Gasteiger partial charge < -0.3 is 14.6 Å². The van der Waals surface area contributed by atoms with E-state index < -0.39 is 29.7 Å². The Morgan fingerprint density at radius 2 is 2.17 bits per heavy atom. The maximum absolute atomic E-state index is 12.0. The lowest BCUT2D eigenvalue weighted by molar-refractivity contribution is -0.276. The van der Waals surface area contributed by atoms with E-state index in [1.165, 1.54) is 0 Å². The van der Waals surface area contributed by atoms with E-state index in [-0.39, 0.29) is 11.4 Å². The highest BCUT2D eigenvalue weighted by Crippen LogP contribution is 2.33. The number of nitrogens with zero attached hydrogens (tertiary/aromatic N) is 1. The van der Waals surface area contributed by atoms with Crippen LogP contribution in [0.15, 0.2) is 6.07 Å². The second-order valence-corrected chi connectivity index (χ2v) is 3.26. The molecular weight excluding hydrogens is 279 g/mol. The molecule has 5 nitrogen and oxygen atoms in total. The van der Waals surface area contributed by atoms with Crippen molar-refractivity contribution in [1.29, 1.82) is 0 Å². The number of hydrogen-bond acceptors (Lipinski definition) is 5. The summed E-state index contributed by atoms with van der Waals surface area (Å²) in [5.41, 5.74) is -0.587. The molecule has 1 aromatic rings. The van der Waals surface area contributed by atoms with E-state index >= 15 is 0 Å². The molecule has 1 aromatic heterocycles. The van der Waals surface area contributed by atoms with E-state index in [9.17, 15) is 23.1 Å². The third-order valence-corrected chi connectivity index (χ3v) is 2.08. The minimum Gasteiger partial charge on any atom is -0.503 e. The maximum atomic E-state index is 12.0. The Kier molecular flexibility index (Phi) is 4.23. The van der Waals surface area contributed by atoms with Crippen LogP contribution >= 0.6 is 11.6 Å². The Labute approximate surface area is 104 Å². The molecule has 0 aliphatic carbocycles. The molecule has 1 N–H and O–H groups in total. The van der Waals surface area contributed by atoms with Gasteiger partial charge in [0.1, 0.15) is 0 Å². The number of aromatic hydroxyl groups is 1. The molecule has 0 aliphatic rings. The summed E-state index contributed by atoms with van der Waals surface area (Å²) in [5, 5.41) is 9.41. The number of alkyl halides is 4. The zero-order chi connectivity index (χ0) is 13.9. The van der Waals surface area contributed by atoms with Crippen LogP contribution in [-0.2, 0) is 10.6 Å². The summed E-state index contributed by atoms with van der Waals surface area (Å²) in [7, 11) is 1.03. The van der Waals surface area contributed by atoms with Gasteiger partial charge in [0, 0.05) is 5.56 Å². The van der Waals surface area contributed by atoms with Crippen LogP contribution < -0.4 is 4.74 Å². The fourth-order valence-corrected chi connectivity index (χ4v) is 1.26. The Morgan fingerprint density at radius 3 is 2.61 bits per heavy atom. The summed E-state index contributed by atoms with van der Waals surface area (Å²) in [6.45, 7) is 0. The number of carbonyl (C=O) groups excluding carboxylic acids is 1. The van der Waals surface area contributed by atoms with Gasteiger partial charge in [0.05, 0.1) is 13.0 Å². The number of halogens is 4. The van der Waals surface area contributed by atoms with Crippen molar-refractivity contribution in [3.63, 3.8) is 0 Å². The zero-order valence-corrected chi connectivity index (χ0v) is 9.67. The molecule has 0 saturated heterocycles. The van der Waals surface area contributed by atoms with Crippen LogP contribution in [-0.4, -0.2) is 29.5 Å². The van der Waals surface area contributed by atoms with Crippen LogP contribution in [0.25, 0.3) is 0 Å². The number of methoxy groups -OCH3 is 1. The van der Waals surface area contributed by atoms with Gasteiger partial charge in [0.15, 0.2) is 11.4 Å². The van der Waals surface area contributed by atoms with Gasteiger partial charge in [-0.05, 0) is 6.07 Å². The predicted molar refractivity (Wildman–Crippen MR) is 53.5 cm³/mol. The number of rotatable bonds is 3. The van der Waals surface area contributed by atoms with Crippen LogP contribution in [0.1, 0.15) is 16.1 Å². The van der Waals surface area contributed by atoms with E-state index in [1.54, 1.807) is 0 Å². The largest absolute Gasteiger partial charge is 0.574 e. The van der Waals surface area contributed by atoms with E-state index in [4.69, 9.17) is 11.6 Å². The summed E-state index contributed by atoms with van der Waals surface area (Å²) < 4.78 is 43.9. The SMILES string of the molecule is COC(=O)c1cc(CCl)c(O)c(OC(F)(F)F)n1. The molecule has 0 saturated carbocycles. The van der Waals surface area contributed by atoms with E-state index in [0.29, 0.717) is 0 Å². The predicted octanol–water partition coefficient (Wildman–Crippen LogP) is 2.21. The summed E-state index contributed by atoms with van der Waals surface area (Å²) in [6.07, 6.45) is -5.05. The smallest absolute Gasteiger partial charge is 0.503 e. The zero-order valence-electron chi connectivity index (χ0n) is 8.92. The fourth-order valence-electron chi connectivity index (χ4n) is 1.06. The summed E-state index contributed by atoms with van der Waals surface area (Å²) in [6, 6.07) is 1.01. The quantitative estimate of drug-likeness (QED) is 0.681. The summed E-state index contributed by atoms with van der Waals surface area (Å²) in [4.78, 5) is 14.4. The molecule has 0 aliphatic heterocycles. The molecule has 1 heterocycles. The van der Waals surface area contributed by atoms with Gasteiger partial charge in [-0.15, -0.1) is 24.8 Å². The third-order valence-electron chi connectivity index (χ3n) is 1.79. The lowest BCUT2D eigenvalue weighted by atomic mass is 10.2. The molecule has 100 valence electrons. The first kappa shape index (κ1) is 14.4. The van der Waals surface area contributed by atoms with Crippen molar-refractivity contribution < 1.29 is 32.5 Å². The van der Waals surface area contributed by atoms with Gasteiger partial charge >= 0.3 is 12.3 Å². The van der Waals surface area contributed by atoms with Crippen molar-refractivity contribution in [3.8, 4) is 11.6 Å². The molecule has 0 spiro atoms. The molecule has 18 heavy (non-hydrogen) atoms. The molecule has 0 radical (unpaired) electrons. The van der Waals surface area contributed by atoms with Gasteiger partial charge in [-0.1, -0.05) is 0 Å². The molecule has 0 atom stereocenters. The van der Waals surface area contributed by atoms with Crippen molar-refractivity contribution in [1.82, 2.24) is 4.98 Å². The number of pyridine rings is 1. The Hall–Kier alpha value is -1.70. The Balaban J connectivity index is 3.27. The van der Waals surface area contributed by atoms with Crippen molar-refractivity contribution in [2.45, 2.75) is 12.2 Å². The maximum Gasteiger partial charge on any atom is 0.574 e. The monoisotopic (exact) mass is 285 g/mol. The standard InChI is InChI=1S/C9H7ClF3NO4/c1-17-8(16)5-2-4(3-10)6(15)7(14-5)18-9(11,12)13/h2,15H,3H2,1H3. The number of ether oxygens (including phenoxy) is 2. The van der Waals surface area contributed by atoms with Crippen molar-refractivity contribution in [3.05, 3.63) is 17.3 Å². The molecular formula is C9H7ClF3NO4. The lowest BCUT2D eigenvalue weighted by Crippen LogP contribution is -2.19. The van der Waals surface area contributed by atoms with Crippen molar-refractivity contribution in [2.75, 3.05) is 7.11 Å². The Bertz CT molecular complexity index is 464. The molecule has 0 unspecified atom stereocenters. The highest BCUT2D eigenvalue weighted by molar-refractivity contribution is 6.17. The highest BCUT2D eigenvalue weighted by atomic mass is 35.5. The first-order chi connectivity index (χ1) is 8.28. The minimum atomic E-state index is -5.05. The number of carbonyl (C=O) groups is 1. The average molecular weight is 286 g/mol. The number of aromatic nitrogens is 1. The second-order valence-electron chi connectivity index (χ2n) is 2.99. The lowest BCUT2D eigenvalue weighted by Gasteiger charge is -2.12. The second kappa shape index (κ2) is 5.30. The fraction of sp³-hybridized carbons (Fsp3) is 0.333. The van der Waals surface area contributed by atoms with Crippen molar-refractivity contribution >= 4 is 17.6 Å². The molecule has 0 bridgehead atoms. The van der Waals surface area contributed by atoms with Gasteiger partial charge in [-0.25, -0.2) is 9.78 Å². The van der Waals surface area contributed by atoms with Gasteiger partial charge in [0.2, 0.25) is 0 Å². The molecule has 1 rings (SSSR count). The van der Waals surface area contributed by atoms with Crippen LogP contribution in [0, 0.1) is 0 Å².